The standard InChI is InChI=1S/C20H26N2O3/c1-15-13-18(19(25-15)16-7-3-2-4-8-16)20(24)21-10-12-22-11-6-5-9-17(22)14-23/h2-4,7-8,13,17,23H,5-6,9-12,14H2,1H3,(H,21,24)/t17-/m0/s1. The van der Waals surface area contributed by atoms with Crippen molar-refractivity contribution in [2.45, 2.75) is 32.2 Å². The summed E-state index contributed by atoms with van der Waals surface area (Å²) >= 11 is 0. The monoisotopic (exact) mass is 342 g/mol. The molecule has 1 atom stereocenters. The number of hydrogen-bond acceptors (Lipinski definition) is 4. The number of piperidine rings is 1. The SMILES string of the molecule is Cc1cc(C(=O)NCCN2CCCC[C@H]2CO)c(-c2ccccc2)o1. The van der Waals surface area contributed by atoms with Crippen LogP contribution in [0.4, 0.5) is 0 Å². The van der Waals surface area contributed by atoms with Crippen molar-refractivity contribution in [3.63, 3.8) is 0 Å². The van der Waals surface area contributed by atoms with Gasteiger partial charge in [0.1, 0.15) is 11.5 Å². The molecule has 1 saturated heterocycles. The topological polar surface area (TPSA) is 65.7 Å². The van der Waals surface area contributed by atoms with Crippen LogP contribution >= 0.6 is 0 Å². The van der Waals surface area contributed by atoms with Crippen molar-refractivity contribution in [1.82, 2.24) is 10.2 Å². The minimum Gasteiger partial charge on any atom is -0.461 e. The highest BCUT2D eigenvalue weighted by atomic mass is 16.3. The highest BCUT2D eigenvalue weighted by molar-refractivity contribution is 5.99. The molecule has 2 N–H and O–H groups in total. The molecule has 0 spiro atoms. The Bertz CT molecular complexity index is 696. The first-order valence-electron chi connectivity index (χ1n) is 8.98. The van der Waals surface area contributed by atoms with Gasteiger partial charge in [-0.1, -0.05) is 36.8 Å². The van der Waals surface area contributed by atoms with Crippen molar-refractivity contribution in [3.05, 3.63) is 47.7 Å². The molecule has 1 aromatic heterocycles. The van der Waals surface area contributed by atoms with Gasteiger partial charge in [-0.05, 0) is 32.4 Å². The second-order valence-electron chi connectivity index (χ2n) is 6.59. The zero-order valence-corrected chi connectivity index (χ0v) is 14.7. The lowest BCUT2D eigenvalue weighted by Gasteiger charge is -2.34. The number of carbonyl (C=O) groups excluding carboxylic acids is 1. The summed E-state index contributed by atoms with van der Waals surface area (Å²) in [5.74, 6) is 1.22. The first kappa shape index (κ1) is 17.7. The summed E-state index contributed by atoms with van der Waals surface area (Å²) in [7, 11) is 0. The molecule has 134 valence electrons. The number of likely N-dealkylation sites (tertiary alicyclic amines) is 1. The van der Waals surface area contributed by atoms with Crippen LogP contribution in [0.5, 0.6) is 0 Å². The number of furan rings is 1. The number of hydrogen-bond donors (Lipinski definition) is 2. The van der Waals surface area contributed by atoms with Crippen LogP contribution in [0.25, 0.3) is 11.3 Å². The summed E-state index contributed by atoms with van der Waals surface area (Å²) in [6.07, 6.45) is 3.36. The van der Waals surface area contributed by atoms with Crippen LogP contribution in [-0.2, 0) is 0 Å². The number of rotatable bonds is 6. The highest BCUT2D eigenvalue weighted by Crippen LogP contribution is 2.27. The van der Waals surface area contributed by atoms with Crippen molar-refractivity contribution in [1.29, 1.82) is 0 Å². The minimum absolute atomic E-state index is 0.117. The molecule has 0 radical (unpaired) electrons. The maximum atomic E-state index is 12.6. The number of nitrogens with one attached hydrogen (secondary N) is 1. The molecular formula is C20H26N2O3. The van der Waals surface area contributed by atoms with Crippen LogP contribution < -0.4 is 5.32 Å². The largest absolute Gasteiger partial charge is 0.461 e. The van der Waals surface area contributed by atoms with Crippen molar-refractivity contribution >= 4 is 5.91 Å². The van der Waals surface area contributed by atoms with Crippen molar-refractivity contribution in [2.24, 2.45) is 0 Å². The fraction of sp³-hybridized carbons (Fsp3) is 0.450. The summed E-state index contributed by atoms with van der Waals surface area (Å²) in [6.45, 7) is 4.35. The van der Waals surface area contributed by atoms with Gasteiger partial charge < -0.3 is 14.8 Å². The summed E-state index contributed by atoms with van der Waals surface area (Å²) < 4.78 is 5.75. The van der Waals surface area contributed by atoms with Gasteiger partial charge in [0.25, 0.3) is 5.91 Å². The van der Waals surface area contributed by atoms with Crippen LogP contribution in [0.2, 0.25) is 0 Å². The number of aliphatic hydroxyl groups is 1. The van der Waals surface area contributed by atoms with Gasteiger partial charge in [-0.3, -0.25) is 9.69 Å². The molecule has 1 aliphatic rings. The number of benzene rings is 1. The Hall–Kier alpha value is -2.11. The molecule has 0 bridgehead atoms. The van der Waals surface area contributed by atoms with Crippen LogP contribution in [0, 0.1) is 6.92 Å². The molecule has 2 heterocycles. The van der Waals surface area contributed by atoms with Gasteiger partial charge in [-0.2, -0.15) is 0 Å². The molecule has 5 heteroatoms. The van der Waals surface area contributed by atoms with E-state index in [1.54, 1.807) is 6.07 Å². The molecule has 1 fully saturated rings. The average molecular weight is 342 g/mol. The molecule has 0 saturated carbocycles. The van der Waals surface area contributed by atoms with E-state index in [-0.39, 0.29) is 18.6 Å². The van der Waals surface area contributed by atoms with Gasteiger partial charge in [0.05, 0.1) is 12.2 Å². The highest BCUT2D eigenvalue weighted by Gasteiger charge is 2.22. The van der Waals surface area contributed by atoms with Crippen LogP contribution in [0.3, 0.4) is 0 Å². The second kappa shape index (κ2) is 8.32. The summed E-state index contributed by atoms with van der Waals surface area (Å²) in [5.41, 5.74) is 1.47. The van der Waals surface area contributed by atoms with Crippen molar-refractivity contribution in [2.75, 3.05) is 26.2 Å². The van der Waals surface area contributed by atoms with Gasteiger partial charge in [-0.15, -0.1) is 0 Å². The molecule has 1 aliphatic heterocycles. The van der Waals surface area contributed by atoms with Crippen LogP contribution in [0.1, 0.15) is 35.4 Å². The number of aliphatic hydroxyl groups excluding tert-OH is 1. The van der Waals surface area contributed by atoms with Gasteiger partial charge >= 0.3 is 0 Å². The Kier molecular flexibility index (Phi) is 5.89. The third-order valence-electron chi connectivity index (χ3n) is 4.78. The van der Waals surface area contributed by atoms with E-state index in [2.05, 4.69) is 10.2 Å². The molecule has 0 aliphatic carbocycles. The first-order chi connectivity index (χ1) is 12.2. The van der Waals surface area contributed by atoms with Gasteiger partial charge in [0.2, 0.25) is 0 Å². The van der Waals surface area contributed by atoms with Crippen LogP contribution in [-0.4, -0.2) is 48.2 Å². The number of carbonyl (C=O) groups is 1. The Morgan fingerprint density at radius 2 is 2.12 bits per heavy atom. The maximum Gasteiger partial charge on any atom is 0.255 e. The van der Waals surface area contributed by atoms with E-state index in [9.17, 15) is 9.90 Å². The maximum absolute atomic E-state index is 12.6. The van der Waals surface area contributed by atoms with E-state index < -0.39 is 0 Å². The Labute approximate surface area is 148 Å². The van der Waals surface area contributed by atoms with E-state index >= 15 is 0 Å². The smallest absolute Gasteiger partial charge is 0.255 e. The lowest BCUT2D eigenvalue weighted by molar-refractivity contribution is 0.0849. The zero-order chi connectivity index (χ0) is 17.6. The molecule has 0 unspecified atom stereocenters. The lowest BCUT2D eigenvalue weighted by atomic mass is 10.0. The van der Waals surface area contributed by atoms with E-state index in [1.165, 1.54) is 6.42 Å². The van der Waals surface area contributed by atoms with Crippen LogP contribution in [0.15, 0.2) is 40.8 Å². The molecular weight excluding hydrogens is 316 g/mol. The summed E-state index contributed by atoms with van der Waals surface area (Å²) in [5, 5.41) is 12.5. The average Bonchev–Trinajstić information content (AvgIpc) is 3.05. The molecule has 1 amide bonds. The Morgan fingerprint density at radius 3 is 2.88 bits per heavy atom. The summed E-state index contributed by atoms with van der Waals surface area (Å²) in [6, 6.07) is 11.7. The number of nitrogens with zero attached hydrogens (tertiary/aromatic N) is 1. The second-order valence-corrected chi connectivity index (χ2v) is 6.59. The Balaban J connectivity index is 1.62. The van der Waals surface area contributed by atoms with Gasteiger partial charge in [0, 0.05) is 24.7 Å². The number of aryl methyl sites for hydroxylation is 1. The van der Waals surface area contributed by atoms with Gasteiger partial charge in [0.15, 0.2) is 0 Å². The Morgan fingerprint density at radius 1 is 1.32 bits per heavy atom. The van der Waals surface area contributed by atoms with Crippen molar-refractivity contribution in [3.8, 4) is 11.3 Å². The van der Waals surface area contributed by atoms with E-state index in [0.717, 1.165) is 37.3 Å². The predicted octanol–water partition coefficient (Wildman–Crippen LogP) is 2.83. The summed E-state index contributed by atoms with van der Waals surface area (Å²) in [4.78, 5) is 14.9. The molecule has 1 aromatic carbocycles. The molecule has 25 heavy (non-hydrogen) atoms. The third-order valence-corrected chi connectivity index (χ3v) is 4.78. The predicted molar refractivity (Wildman–Crippen MR) is 97.5 cm³/mol. The molecule has 3 rings (SSSR count). The van der Waals surface area contributed by atoms with E-state index in [1.807, 2.05) is 37.3 Å². The fourth-order valence-electron chi connectivity index (χ4n) is 3.46. The van der Waals surface area contributed by atoms with E-state index in [0.29, 0.717) is 17.9 Å². The van der Waals surface area contributed by atoms with E-state index in [4.69, 9.17) is 4.42 Å². The number of amides is 1. The van der Waals surface area contributed by atoms with Gasteiger partial charge in [-0.25, -0.2) is 0 Å². The van der Waals surface area contributed by atoms with Crippen molar-refractivity contribution < 1.29 is 14.3 Å². The molecule has 5 nitrogen and oxygen atoms in total. The first-order valence-corrected chi connectivity index (χ1v) is 8.98. The third kappa shape index (κ3) is 4.30. The normalized spacial score (nSPS) is 18.2. The quantitative estimate of drug-likeness (QED) is 0.847. The lowest BCUT2D eigenvalue weighted by Crippen LogP contribution is -2.45. The molecule has 2 aromatic rings. The zero-order valence-electron chi connectivity index (χ0n) is 14.7. The fourth-order valence-corrected chi connectivity index (χ4v) is 3.46. The minimum atomic E-state index is -0.117.